The molecule has 0 bridgehead atoms. The Morgan fingerprint density at radius 1 is 1.06 bits per heavy atom. The summed E-state index contributed by atoms with van der Waals surface area (Å²) in [4.78, 5) is 33.0. The van der Waals surface area contributed by atoms with E-state index >= 15 is 0 Å². The van der Waals surface area contributed by atoms with Crippen molar-refractivity contribution >= 4 is 34.7 Å². The molecule has 3 aromatic rings. The summed E-state index contributed by atoms with van der Waals surface area (Å²) in [6.07, 6.45) is 9.41. The van der Waals surface area contributed by atoms with Crippen LogP contribution in [0.25, 0.3) is 5.65 Å². The molecule has 12 heteroatoms. The molecule has 5 rings (SSSR count). The van der Waals surface area contributed by atoms with Gasteiger partial charge in [0.2, 0.25) is 5.91 Å². The number of pyridine rings is 1. The van der Waals surface area contributed by atoms with Gasteiger partial charge in [0, 0.05) is 30.4 Å². The Balaban J connectivity index is 1.34. The maximum Gasteiger partial charge on any atom is 0.276 e. The first-order chi connectivity index (χ1) is 17.4. The van der Waals surface area contributed by atoms with E-state index in [2.05, 4.69) is 36.3 Å². The lowest BCUT2D eigenvalue weighted by Crippen LogP contribution is -2.46. The monoisotopic (exact) mass is 495 g/mol. The summed E-state index contributed by atoms with van der Waals surface area (Å²) < 4.78 is 15.5. The first-order valence-electron chi connectivity index (χ1n) is 12.3. The van der Waals surface area contributed by atoms with E-state index in [9.17, 15) is 14.0 Å². The molecular weight excluding hydrogens is 465 g/mol. The second-order valence-electron chi connectivity index (χ2n) is 9.54. The maximum absolute atomic E-state index is 14.0. The summed E-state index contributed by atoms with van der Waals surface area (Å²) in [5.74, 6) is -0.679. The third-order valence-corrected chi connectivity index (χ3v) is 6.50. The van der Waals surface area contributed by atoms with Crippen LogP contribution in [0, 0.1) is 5.82 Å². The van der Waals surface area contributed by atoms with Crippen molar-refractivity contribution in [3.63, 3.8) is 0 Å². The van der Waals surface area contributed by atoms with Crippen LogP contribution in [-0.2, 0) is 4.79 Å². The predicted molar refractivity (Wildman–Crippen MR) is 133 cm³/mol. The molecule has 1 atom stereocenters. The van der Waals surface area contributed by atoms with Gasteiger partial charge in [0.15, 0.2) is 17.2 Å². The lowest BCUT2D eigenvalue weighted by atomic mass is 9.91. The highest BCUT2D eigenvalue weighted by atomic mass is 19.1. The van der Waals surface area contributed by atoms with Gasteiger partial charge in [0.25, 0.3) is 5.91 Å². The Morgan fingerprint density at radius 2 is 1.75 bits per heavy atom. The quantitative estimate of drug-likeness (QED) is 0.319. The molecule has 2 amide bonds. The fourth-order valence-electron chi connectivity index (χ4n) is 4.33. The van der Waals surface area contributed by atoms with Gasteiger partial charge in [-0.05, 0) is 51.5 Å². The molecule has 190 valence electrons. The van der Waals surface area contributed by atoms with E-state index in [1.165, 1.54) is 23.0 Å². The van der Waals surface area contributed by atoms with Crippen molar-refractivity contribution in [3.05, 3.63) is 42.2 Å². The van der Waals surface area contributed by atoms with E-state index in [1.54, 1.807) is 6.92 Å². The molecule has 2 fully saturated rings. The Kier molecular flexibility index (Phi) is 6.68. The summed E-state index contributed by atoms with van der Waals surface area (Å²) in [6.45, 7) is 1.68. The van der Waals surface area contributed by atoms with Crippen LogP contribution in [0.3, 0.4) is 0 Å². The molecule has 36 heavy (non-hydrogen) atoms. The highest BCUT2D eigenvalue weighted by Crippen LogP contribution is 2.30. The number of aromatic nitrogens is 4. The molecule has 0 radical (unpaired) electrons. The molecule has 0 spiro atoms. The van der Waals surface area contributed by atoms with E-state index in [-0.39, 0.29) is 29.4 Å². The molecule has 3 heterocycles. The Morgan fingerprint density at radius 3 is 2.44 bits per heavy atom. The summed E-state index contributed by atoms with van der Waals surface area (Å²) in [7, 11) is 0. The molecule has 2 aliphatic rings. The third-order valence-electron chi connectivity index (χ3n) is 6.50. The van der Waals surface area contributed by atoms with Gasteiger partial charge in [-0.2, -0.15) is 0 Å². The third kappa shape index (κ3) is 5.38. The minimum atomic E-state index is -0.626. The molecule has 0 unspecified atom stereocenters. The van der Waals surface area contributed by atoms with Crippen LogP contribution in [0.1, 0.15) is 55.9 Å². The number of nitrogens with one attached hydrogen (secondary N) is 4. The van der Waals surface area contributed by atoms with Gasteiger partial charge in [0.1, 0.15) is 5.82 Å². The lowest BCUT2D eigenvalue weighted by molar-refractivity contribution is -0.122. The van der Waals surface area contributed by atoms with Crippen LogP contribution in [0.15, 0.2) is 30.7 Å². The van der Waals surface area contributed by atoms with E-state index in [1.807, 2.05) is 6.07 Å². The van der Waals surface area contributed by atoms with Crippen molar-refractivity contribution in [1.29, 1.82) is 0 Å². The molecule has 3 aromatic heterocycles. The van der Waals surface area contributed by atoms with Gasteiger partial charge >= 0.3 is 0 Å². The second kappa shape index (κ2) is 10.1. The fraction of sp³-hybridized carbons (Fsp3) is 0.458. The predicted octanol–water partition coefficient (Wildman–Crippen LogP) is 2.28. The maximum atomic E-state index is 14.0. The standard InChI is InChI=1S/C24H30FN9O2/c1-13(26)23(35)31-16-6-4-15(5-7-16)30-21-10-19(29-14-2-3-14)22-28-12-20(34(22)33-21)24(36)32-18-8-9-27-11-17(18)25/h8-16,29H,2-7,26H2,1H3,(H,30,33)(H,31,35)(H,27,32,36)/t13-,15?,16?/m1/s1. The van der Waals surface area contributed by atoms with Crippen molar-refractivity contribution in [2.45, 2.75) is 69.6 Å². The summed E-state index contributed by atoms with van der Waals surface area (Å²) in [6, 6.07) is 3.43. The number of nitrogens with two attached hydrogens (primary N) is 1. The van der Waals surface area contributed by atoms with Gasteiger partial charge in [-0.1, -0.05) is 0 Å². The van der Waals surface area contributed by atoms with Crippen molar-refractivity contribution in [2.75, 3.05) is 16.0 Å². The SMILES string of the molecule is C[C@@H](N)C(=O)NC1CCC(Nc2cc(NC3CC3)c3ncc(C(=O)Nc4ccncc4F)n3n2)CC1. The van der Waals surface area contributed by atoms with Crippen LogP contribution >= 0.6 is 0 Å². The Hall–Kier alpha value is -3.80. The fourth-order valence-corrected chi connectivity index (χ4v) is 4.33. The smallest absolute Gasteiger partial charge is 0.276 e. The van der Waals surface area contributed by atoms with E-state index in [4.69, 9.17) is 5.73 Å². The van der Waals surface area contributed by atoms with E-state index in [0.29, 0.717) is 17.5 Å². The van der Waals surface area contributed by atoms with E-state index in [0.717, 1.165) is 50.4 Å². The molecule has 2 aliphatic carbocycles. The molecule has 0 aliphatic heterocycles. The number of anilines is 3. The zero-order valence-electron chi connectivity index (χ0n) is 20.0. The number of hydrogen-bond donors (Lipinski definition) is 5. The number of carbonyl (C=O) groups excluding carboxylic acids is 2. The van der Waals surface area contributed by atoms with Gasteiger partial charge in [0.05, 0.1) is 29.8 Å². The molecule has 2 saturated carbocycles. The second-order valence-corrected chi connectivity index (χ2v) is 9.54. The largest absolute Gasteiger partial charge is 0.379 e. The number of amides is 2. The zero-order chi connectivity index (χ0) is 25.2. The number of rotatable bonds is 8. The van der Waals surface area contributed by atoms with Crippen molar-refractivity contribution in [2.24, 2.45) is 5.73 Å². The first kappa shape index (κ1) is 23.9. The number of imidazole rings is 1. The average Bonchev–Trinajstić information content (AvgIpc) is 3.57. The molecule has 0 saturated heterocycles. The van der Waals surface area contributed by atoms with Gasteiger partial charge in [-0.3, -0.25) is 14.6 Å². The summed E-state index contributed by atoms with van der Waals surface area (Å²) >= 11 is 0. The highest BCUT2D eigenvalue weighted by Gasteiger charge is 2.26. The topological polar surface area (TPSA) is 151 Å². The van der Waals surface area contributed by atoms with Crippen LogP contribution in [0.4, 0.5) is 21.6 Å². The van der Waals surface area contributed by atoms with Gasteiger partial charge in [-0.25, -0.2) is 13.9 Å². The van der Waals surface area contributed by atoms with Crippen molar-refractivity contribution < 1.29 is 14.0 Å². The molecule has 11 nitrogen and oxygen atoms in total. The Bertz CT molecular complexity index is 1270. The number of nitrogens with zero attached hydrogens (tertiary/aromatic N) is 4. The van der Waals surface area contributed by atoms with Crippen LogP contribution in [-0.4, -0.2) is 55.6 Å². The van der Waals surface area contributed by atoms with Gasteiger partial charge in [-0.15, -0.1) is 5.10 Å². The Labute approximate surface area is 207 Å². The molecule has 6 N–H and O–H groups in total. The van der Waals surface area contributed by atoms with Gasteiger partial charge < -0.3 is 27.0 Å². The molecule has 0 aromatic carbocycles. The average molecular weight is 496 g/mol. The van der Waals surface area contributed by atoms with Crippen molar-refractivity contribution in [3.8, 4) is 0 Å². The minimum Gasteiger partial charge on any atom is -0.379 e. The highest BCUT2D eigenvalue weighted by molar-refractivity contribution is 6.03. The first-order valence-corrected chi connectivity index (χ1v) is 12.3. The van der Waals surface area contributed by atoms with Crippen LogP contribution in [0.5, 0.6) is 0 Å². The van der Waals surface area contributed by atoms with E-state index < -0.39 is 17.8 Å². The molecular formula is C24H30FN9O2. The summed E-state index contributed by atoms with van der Waals surface area (Å²) in [5, 5.41) is 17.2. The number of fused-ring (bicyclic) bond motifs is 1. The van der Waals surface area contributed by atoms with Crippen LogP contribution in [0.2, 0.25) is 0 Å². The van der Waals surface area contributed by atoms with Crippen molar-refractivity contribution in [1.82, 2.24) is 24.9 Å². The van der Waals surface area contributed by atoms with Crippen LogP contribution < -0.4 is 27.0 Å². The lowest BCUT2D eigenvalue weighted by Gasteiger charge is -2.30. The normalized spacial score (nSPS) is 20.5. The number of carbonyl (C=O) groups is 2. The number of halogens is 1. The zero-order valence-corrected chi connectivity index (χ0v) is 20.0. The number of hydrogen-bond acceptors (Lipinski definition) is 8. The summed E-state index contributed by atoms with van der Waals surface area (Å²) in [5.41, 5.74) is 7.18. The minimum absolute atomic E-state index is 0.0310.